The minimum atomic E-state index is -0.990. The molecule has 0 unspecified atom stereocenters. The van der Waals surface area contributed by atoms with Gasteiger partial charge in [0, 0.05) is 13.1 Å². The first-order chi connectivity index (χ1) is 7.09. The zero-order chi connectivity index (χ0) is 11.3. The first kappa shape index (κ1) is 11.8. The molecule has 0 saturated heterocycles. The maximum atomic E-state index is 11.5. The summed E-state index contributed by atoms with van der Waals surface area (Å²) in [5.74, 6) is -0.990. The Labute approximate surface area is 89.4 Å². The zero-order valence-electron chi connectivity index (χ0n) is 9.03. The Balaban J connectivity index is 2.30. The third-order valence-corrected chi connectivity index (χ3v) is 2.65. The van der Waals surface area contributed by atoms with Crippen LogP contribution in [0.5, 0.6) is 0 Å². The van der Waals surface area contributed by atoms with Crippen LogP contribution in [-0.2, 0) is 4.79 Å². The van der Waals surface area contributed by atoms with E-state index in [4.69, 9.17) is 5.11 Å². The molecular weight excluding hydrogens is 196 g/mol. The number of likely N-dealkylation sites (N-methyl/N-ethyl adjacent to an activating group) is 1. The first-order valence-corrected chi connectivity index (χ1v) is 5.33. The summed E-state index contributed by atoms with van der Waals surface area (Å²) in [6.07, 6.45) is 5.54. The smallest absolute Gasteiger partial charge is 0.323 e. The highest BCUT2D eigenvalue weighted by atomic mass is 16.4. The number of urea groups is 1. The second-order valence-corrected chi connectivity index (χ2v) is 4.03. The van der Waals surface area contributed by atoms with Crippen LogP contribution in [0, 0.1) is 0 Å². The van der Waals surface area contributed by atoms with Gasteiger partial charge in [-0.25, -0.2) is 4.79 Å². The van der Waals surface area contributed by atoms with Gasteiger partial charge in [-0.2, -0.15) is 0 Å². The normalized spacial score (nSPS) is 17.1. The van der Waals surface area contributed by atoms with Gasteiger partial charge in [0.2, 0.25) is 0 Å². The van der Waals surface area contributed by atoms with E-state index in [1.54, 1.807) is 0 Å². The second-order valence-electron chi connectivity index (χ2n) is 4.03. The number of rotatable bonds is 3. The van der Waals surface area contributed by atoms with Crippen LogP contribution in [0.4, 0.5) is 4.79 Å². The van der Waals surface area contributed by atoms with Crippen LogP contribution >= 0.6 is 0 Å². The molecule has 0 heterocycles. The lowest BCUT2D eigenvalue weighted by molar-refractivity contribution is -0.137. The predicted octanol–water partition coefficient (Wildman–Crippen LogP) is 1.05. The maximum Gasteiger partial charge on any atom is 0.323 e. The molecule has 15 heavy (non-hydrogen) atoms. The molecule has 0 aromatic heterocycles. The average molecular weight is 214 g/mol. The fourth-order valence-electron chi connectivity index (χ4n) is 1.81. The van der Waals surface area contributed by atoms with Gasteiger partial charge in [-0.05, 0) is 12.8 Å². The van der Waals surface area contributed by atoms with E-state index in [9.17, 15) is 9.59 Å². The van der Waals surface area contributed by atoms with E-state index in [0.717, 1.165) is 25.7 Å². The minimum absolute atomic E-state index is 0.225. The molecule has 2 amide bonds. The summed E-state index contributed by atoms with van der Waals surface area (Å²) < 4.78 is 0. The summed E-state index contributed by atoms with van der Waals surface area (Å²) in [6.45, 7) is -0.251. The number of nitrogens with one attached hydrogen (secondary N) is 1. The summed E-state index contributed by atoms with van der Waals surface area (Å²) >= 11 is 0. The van der Waals surface area contributed by atoms with Gasteiger partial charge in [-0.1, -0.05) is 19.3 Å². The number of hydrogen-bond donors (Lipinski definition) is 2. The highest BCUT2D eigenvalue weighted by Crippen LogP contribution is 2.17. The van der Waals surface area contributed by atoms with E-state index in [1.165, 1.54) is 18.4 Å². The first-order valence-electron chi connectivity index (χ1n) is 5.33. The lowest BCUT2D eigenvalue weighted by Crippen LogP contribution is -2.45. The van der Waals surface area contributed by atoms with Crippen molar-refractivity contribution in [2.75, 3.05) is 13.6 Å². The van der Waals surface area contributed by atoms with E-state index < -0.39 is 5.97 Å². The SMILES string of the molecule is CN(CC(=O)O)C(=O)NC1CCCCC1. The van der Waals surface area contributed by atoms with Gasteiger partial charge in [-0.15, -0.1) is 0 Å². The number of carbonyl (C=O) groups excluding carboxylic acids is 1. The van der Waals surface area contributed by atoms with Crippen molar-refractivity contribution < 1.29 is 14.7 Å². The number of hydrogen-bond acceptors (Lipinski definition) is 2. The Morgan fingerprint density at radius 3 is 2.47 bits per heavy atom. The Hall–Kier alpha value is -1.26. The summed E-state index contributed by atoms with van der Waals surface area (Å²) in [6, 6.07) is -0.0632. The van der Waals surface area contributed by atoms with Gasteiger partial charge in [0.15, 0.2) is 0 Å². The van der Waals surface area contributed by atoms with Crippen molar-refractivity contribution in [2.24, 2.45) is 0 Å². The van der Waals surface area contributed by atoms with Gasteiger partial charge in [-0.3, -0.25) is 4.79 Å². The van der Waals surface area contributed by atoms with Crippen molar-refractivity contribution in [2.45, 2.75) is 38.1 Å². The molecule has 0 aromatic rings. The Kier molecular flexibility index (Phi) is 4.39. The summed E-state index contributed by atoms with van der Waals surface area (Å²) in [4.78, 5) is 23.1. The molecule has 5 nitrogen and oxygen atoms in total. The van der Waals surface area contributed by atoms with Crippen molar-refractivity contribution in [3.8, 4) is 0 Å². The van der Waals surface area contributed by atoms with Crippen molar-refractivity contribution >= 4 is 12.0 Å². The van der Waals surface area contributed by atoms with Gasteiger partial charge in [0.25, 0.3) is 0 Å². The van der Waals surface area contributed by atoms with Crippen LogP contribution in [0.2, 0.25) is 0 Å². The maximum absolute atomic E-state index is 11.5. The number of nitrogens with zero attached hydrogens (tertiary/aromatic N) is 1. The standard InChI is InChI=1S/C10H18N2O3/c1-12(7-9(13)14)10(15)11-8-5-3-2-4-6-8/h8H,2-7H2,1H3,(H,11,15)(H,13,14). The molecule has 0 atom stereocenters. The van der Waals surface area contributed by atoms with E-state index in [-0.39, 0.29) is 18.6 Å². The van der Waals surface area contributed by atoms with Gasteiger partial charge < -0.3 is 15.3 Å². The molecule has 1 aliphatic carbocycles. The fourth-order valence-corrected chi connectivity index (χ4v) is 1.81. The molecule has 0 aliphatic heterocycles. The molecule has 1 aliphatic rings. The quantitative estimate of drug-likeness (QED) is 0.737. The molecule has 0 bridgehead atoms. The fraction of sp³-hybridized carbons (Fsp3) is 0.800. The molecule has 86 valence electrons. The number of carbonyl (C=O) groups is 2. The number of aliphatic carboxylic acids is 1. The Morgan fingerprint density at radius 2 is 1.93 bits per heavy atom. The Morgan fingerprint density at radius 1 is 1.33 bits per heavy atom. The van der Waals surface area contributed by atoms with Crippen molar-refractivity contribution in [1.82, 2.24) is 10.2 Å². The molecule has 1 saturated carbocycles. The van der Waals surface area contributed by atoms with E-state index in [2.05, 4.69) is 5.32 Å². The molecule has 1 rings (SSSR count). The van der Waals surface area contributed by atoms with E-state index >= 15 is 0 Å². The van der Waals surface area contributed by atoms with Crippen molar-refractivity contribution in [1.29, 1.82) is 0 Å². The van der Waals surface area contributed by atoms with Gasteiger partial charge in [0.1, 0.15) is 6.54 Å². The van der Waals surface area contributed by atoms with Crippen LogP contribution in [0.25, 0.3) is 0 Å². The minimum Gasteiger partial charge on any atom is -0.480 e. The average Bonchev–Trinajstić information content (AvgIpc) is 2.18. The number of amides is 2. The zero-order valence-corrected chi connectivity index (χ0v) is 9.03. The van der Waals surface area contributed by atoms with Crippen LogP contribution in [-0.4, -0.2) is 41.6 Å². The lowest BCUT2D eigenvalue weighted by atomic mass is 9.96. The van der Waals surface area contributed by atoms with Crippen LogP contribution in [0.3, 0.4) is 0 Å². The molecule has 1 fully saturated rings. The topological polar surface area (TPSA) is 69.6 Å². The van der Waals surface area contributed by atoms with Crippen molar-refractivity contribution in [3.05, 3.63) is 0 Å². The summed E-state index contributed by atoms with van der Waals surface area (Å²) in [5, 5.41) is 11.4. The molecule has 0 spiro atoms. The third-order valence-electron chi connectivity index (χ3n) is 2.65. The van der Waals surface area contributed by atoms with Crippen LogP contribution in [0.15, 0.2) is 0 Å². The summed E-state index contributed by atoms with van der Waals surface area (Å²) in [5.41, 5.74) is 0. The summed E-state index contributed by atoms with van der Waals surface area (Å²) in [7, 11) is 1.49. The highest BCUT2D eigenvalue weighted by Gasteiger charge is 2.18. The number of carboxylic acids is 1. The van der Waals surface area contributed by atoms with Gasteiger partial charge >= 0.3 is 12.0 Å². The van der Waals surface area contributed by atoms with E-state index in [0.29, 0.717) is 0 Å². The molecule has 0 aromatic carbocycles. The molecular formula is C10H18N2O3. The monoisotopic (exact) mass is 214 g/mol. The van der Waals surface area contributed by atoms with Crippen LogP contribution in [0.1, 0.15) is 32.1 Å². The van der Waals surface area contributed by atoms with Gasteiger partial charge in [0.05, 0.1) is 0 Å². The molecule has 5 heteroatoms. The lowest BCUT2D eigenvalue weighted by Gasteiger charge is -2.25. The van der Waals surface area contributed by atoms with Crippen molar-refractivity contribution in [3.63, 3.8) is 0 Å². The predicted molar refractivity (Wildman–Crippen MR) is 55.7 cm³/mol. The number of carboxylic acid groups (broad SMARTS) is 1. The second kappa shape index (κ2) is 5.58. The largest absolute Gasteiger partial charge is 0.480 e. The van der Waals surface area contributed by atoms with E-state index in [1.807, 2.05) is 0 Å². The Bertz CT molecular complexity index is 237. The molecule has 2 N–H and O–H groups in total. The third kappa shape index (κ3) is 4.18. The highest BCUT2D eigenvalue weighted by molar-refractivity contribution is 5.79. The molecule has 0 radical (unpaired) electrons. The van der Waals surface area contributed by atoms with Crippen LogP contribution < -0.4 is 5.32 Å².